The van der Waals surface area contributed by atoms with Crippen molar-refractivity contribution in [2.45, 2.75) is 4.90 Å². The molecule has 1 atom stereocenters. The summed E-state index contributed by atoms with van der Waals surface area (Å²) in [7, 11) is -1.54. The van der Waals surface area contributed by atoms with Gasteiger partial charge in [0.15, 0.2) is 0 Å². The normalized spacial score (nSPS) is 11.8. The Kier molecular flexibility index (Phi) is 4.19. The Bertz CT molecular complexity index is 628. The molecule has 0 spiro atoms. The average Bonchev–Trinajstić information content (AvgIpc) is 2.39. The molecular formula is C13H10ClNO3S. The fourth-order valence-electron chi connectivity index (χ4n) is 1.48. The van der Waals surface area contributed by atoms with Gasteiger partial charge in [-0.1, -0.05) is 23.7 Å². The molecule has 1 unspecified atom stereocenters. The highest BCUT2D eigenvalue weighted by Crippen LogP contribution is 2.19. The van der Waals surface area contributed by atoms with Crippen LogP contribution in [0.3, 0.4) is 0 Å². The second-order valence-corrected chi connectivity index (χ2v) is 5.32. The first kappa shape index (κ1) is 13.6. The van der Waals surface area contributed by atoms with Gasteiger partial charge in [-0.05, 0) is 36.4 Å². The first-order valence-corrected chi connectivity index (χ1v) is 6.87. The third-order valence-electron chi connectivity index (χ3n) is 2.39. The quantitative estimate of drug-likeness (QED) is 0.910. The Hall–Kier alpha value is -1.85. The van der Waals surface area contributed by atoms with E-state index < -0.39 is 17.0 Å². The van der Waals surface area contributed by atoms with Crippen molar-refractivity contribution in [2.75, 3.05) is 4.72 Å². The zero-order valence-corrected chi connectivity index (χ0v) is 11.2. The van der Waals surface area contributed by atoms with Crippen LogP contribution in [0.4, 0.5) is 5.69 Å². The van der Waals surface area contributed by atoms with Crippen molar-refractivity contribution >= 4 is 34.2 Å². The Labute approximate surface area is 117 Å². The number of carboxylic acids is 1. The minimum Gasteiger partial charge on any atom is -0.478 e. The number of para-hydroxylation sites is 1. The van der Waals surface area contributed by atoms with E-state index in [1.54, 1.807) is 42.5 Å². The Morgan fingerprint density at radius 2 is 1.74 bits per heavy atom. The third-order valence-corrected chi connectivity index (χ3v) is 3.75. The Balaban J connectivity index is 2.24. The summed E-state index contributed by atoms with van der Waals surface area (Å²) in [6, 6.07) is 12.8. The standard InChI is InChI=1S/C13H10ClNO3S/c14-9-5-7-10(8-6-9)19(18)15-12-4-2-1-3-11(12)13(16)17/h1-8,15H,(H,16,17). The number of halogens is 1. The molecule has 2 N–H and O–H groups in total. The number of hydrogen-bond donors (Lipinski definition) is 2. The van der Waals surface area contributed by atoms with Crippen molar-refractivity contribution in [1.29, 1.82) is 0 Å². The summed E-state index contributed by atoms with van der Waals surface area (Å²) in [6.45, 7) is 0. The molecular weight excluding hydrogens is 286 g/mol. The molecule has 0 amide bonds. The van der Waals surface area contributed by atoms with Crippen LogP contribution < -0.4 is 4.72 Å². The van der Waals surface area contributed by atoms with Crippen LogP contribution in [0, 0.1) is 0 Å². The highest BCUT2D eigenvalue weighted by Gasteiger charge is 2.11. The first-order chi connectivity index (χ1) is 9.08. The molecule has 0 aliphatic rings. The van der Waals surface area contributed by atoms with Gasteiger partial charge in [-0.2, -0.15) is 0 Å². The molecule has 0 fully saturated rings. The molecule has 0 saturated heterocycles. The van der Waals surface area contributed by atoms with Crippen molar-refractivity contribution in [1.82, 2.24) is 0 Å². The van der Waals surface area contributed by atoms with Crippen LogP contribution in [0.25, 0.3) is 0 Å². The summed E-state index contributed by atoms with van der Waals surface area (Å²) >= 11 is 5.75. The van der Waals surface area contributed by atoms with Crippen molar-refractivity contribution in [2.24, 2.45) is 0 Å². The van der Waals surface area contributed by atoms with Gasteiger partial charge in [0.05, 0.1) is 16.1 Å². The second-order valence-electron chi connectivity index (χ2n) is 3.68. The largest absolute Gasteiger partial charge is 0.478 e. The van der Waals surface area contributed by atoms with Crippen LogP contribution in [-0.2, 0) is 11.0 Å². The van der Waals surface area contributed by atoms with E-state index in [1.807, 2.05) is 0 Å². The summed E-state index contributed by atoms with van der Waals surface area (Å²) in [5, 5.41) is 9.58. The molecule has 2 aromatic rings. The van der Waals surface area contributed by atoms with Crippen LogP contribution in [0.1, 0.15) is 10.4 Å². The maximum absolute atomic E-state index is 12.1. The molecule has 0 aromatic heterocycles. The van der Waals surface area contributed by atoms with Gasteiger partial charge in [-0.3, -0.25) is 0 Å². The van der Waals surface area contributed by atoms with E-state index >= 15 is 0 Å². The van der Waals surface area contributed by atoms with Crippen LogP contribution >= 0.6 is 11.6 Å². The molecule has 6 heteroatoms. The van der Waals surface area contributed by atoms with E-state index in [-0.39, 0.29) is 5.56 Å². The number of anilines is 1. The number of carboxylic acid groups (broad SMARTS) is 1. The van der Waals surface area contributed by atoms with E-state index in [9.17, 15) is 9.00 Å². The van der Waals surface area contributed by atoms with Crippen molar-refractivity contribution in [3.63, 3.8) is 0 Å². The first-order valence-electron chi connectivity index (χ1n) is 5.34. The second kappa shape index (κ2) is 5.86. The predicted octanol–water partition coefficient (Wildman–Crippen LogP) is 3.17. The van der Waals surface area contributed by atoms with E-state index in [4.69, 9.17) is 16.7 Å². The van der Waals surface area contributed by atoms with Crippen LogP contribution in [0.5, 0.6) is 0 Å². The lowest BCUT2D eigenvalue weighted by atomic mass is 10.2. The zero-order chi connectivity index (χ0) is 13.8. The third kappa shape index (κ3) is 3.33. The minimum atomic E-state index is -1.54. The summed E-state index contributed by atoms with van der Waals surface area (Å²) in [6.07, 6.45) is 0. The predicted molar refractivity (Wildman–Crippen MR) is 74.9 cm³/mol. The molecule has 4 nitrogen and oxygen atoms in total. The average molecular weight is 296 g/mol. The van der Waals surface area contributed by atoms with Crippen molar-refractivity contribution < 1.29 is 14.1 Å². The summed E-state index contributed by atoms with van der Waals surface area (Å²) in [5.74, 6) is -1.07. The molecule has 0 radical (unpaired) electrons. The lowest BCUT2D eigenvalue weighted by Gasteiger charge is -2.08. The zero-order valence-electron chi connectivity index (χ0n) is 9.67. The molecule has 0 heterocycles. The molecule has 2 rings (SSSR count). The van der Waals surface area contributed by atoms with Gasteiger partial charge in [0.2, 0.25) is 0 Å². The topological polar surface area (TPSA) is 66.4 Å². The van der Waals surface area contributed by atoms with Gasteiger partial charge >= 0.3 is 5.97 Å². The fourth-order valence-corrected chi connectivity index (χ4v) is 2.48. The molecule has 0 bridgehead atoms. The number of nitrogens with one attached hydrogen (secondary N) is 1. The number of benzene rings is 2. The van der Waals surface area contributed by atoms with E-state index in [1.165, 1.54) is 6.07 Å². The summed E-state index contributed by atoms with van der Waals surface area (Å²) < 4.78 is 14.7. The van der Waals surface area contributed by atoms with E-state index in [2.05, 4.69) is 4.72 Å². The van der Waals surface area contributed by atoms with Gasteiger partial charge in [0.25, 0.3) is 0 Å². The van der Waals surface area contributed by atoms with Crippen molar-refractivity contribution in [3.8, 4) is 0 Å². The van der Waals surface area contributed by atoms with Crippen LogP contribution in [0.15, 0.2) is 53.4 Å². The highest BCUT2D eigenvalue weighted by atomic mass is 35.5. The molecule has 0 aliphatic carbocycles. The molecule has 2 aromatic carbocycles. The Morgan fingerprint density at radius 3 is 2.37 bits per heavy atom. The van der Waals surface area contributed by atoms with Gasteiger partial charge in [0.1, 0.15) is 11.0 Å². The monoisotopic (exact) mass is 295 g/mol. The van der Waals surface area contributed by atoms with Crippen LogP contribution in [-0.4, -0.2) is 15.3 Å². The number of hydrogen-bond acceptors (Lipinski definition) is 2. The highest BCUT2D eigenvalue weighted by molar-refractivity contribution is 7.86. The summed E-state index contributed by atoms with van der Waals surface area (Å²) in [4.78, 5) is 11.5. The SMILES string of the molecule is O=C(O)c1ccccc1NS(=O)c1ccc(Cl)cc1. The van der Waals surface area contributed by atoms with Crippen molar-refractivity contribution in [3.05, 3.63) is 59.1 Å². The lowest BCUT2D eigenvalue weighted by Crippen LogP contribution is -2.09. The van der Waals surface area contributed by atoms with E-state index in [0.717, 1.165) is 0 Å². The number of rotatable bonds is 4. The molecule has 0 saturated carbocycles. The summed E-state index contributed by atoms with van der Waals surface area (Å²) in [5.41, 5.74) is 0.382. The van der Waals surface area contributed by atoms with Crippen LogP contribution in [0.2, 0.25) is 5.02 Å². The maximum Gasteiger partial charge on any atom is 0.337 e. The molecule has 19 heavy (non-hydrogen) atoms. The van der Waals surface area contributed by atoms with Gasteiger partial charge in [-0.25, -0.2) is 9.00 Å². The lowest BCUT2D eigenvalue weighted by molar-refractivity contribution is 0.0698. The maximum atomic E-state index is 12.1. The molecule has 98 valence electrons. The van der Waals surface area contributed by atoms with Gasteiger partial charge in [-0.15, -0.1) is 0 Å². The fraction of sp³-hybridized carbons (Fsp3) is 0. The minimum absolute atomic E-state index is 0.0739. The molecule has 0 aliphatic heterocycles. The number of carbonyl (C=O) groups is 1. The van der Waals surface area contributed by atoms with Gasteiger partial charge in [0, 0.05) is 5.02 Å². The smallest absolute Gasteiger partial charge is 0.337 e. The van der Waals surface area contributed by atoms with E-state index in [0.29, 0.717) is 15.6 Å². The Morgan fingerprint density at radius 1 is 1.11 bits per heavy atom. The van der Waals surface area contributed by atoms with Gasteiger partial charge < -0.3 is 9.83 Å². The number of aromatic carboxylic acids is 1.